The SMILES string of the molecule is COC(=O)c1ccc(C(=O)OC)c(NC(=O)CN(C)S(=O)(=O)c2ccc(Cl)cc2)c1. The molecule has 1 N–H and O–H groups in total. The van der Waals surface area contributed by atoms with E-state index in [1.54, 1.807) is 0 Å². The third-order valence-electron chi connectivity index (χ3n) is 4.01. The molecule has 0 radical (unpaired) electrons. The maximum atomic E-state index is 12.6. The minimum Gasteiger partial charge on any atom is -0.465 e. The van der Waals surface area contributed by atoms with Gasteiger partial charge in [-0.05, 0) is 42.5 Å². The van der Waals surface area contributed by atoms with E-state index >= 15 is 0 Å². The molecule has 0 bridgehead atoms. The molecule has 160 valence electrons. The molecule has 0 heterocycles. The number of nitrogens with zero attached hydrogens (tertiary/aromatic N) is 1. The second-order valence-electron chi connectivity index (χ2n) is 6.01. The zero-order valence-corrected chi connectivity index (χ0v) is 17.9. The zero-order valence-electron chi connectivity index (χ0n) is 16.3. The second-order valence-corrected chi connectivity index (χ2v) is 8.49. The van der Waals surface area contributed by atoms with E-state index in [0.29, 0.717) is 5.02 Å². The fraction of sp³-hybridized carbons (Fsp3) is 0.211. The Balaban J connectivity index is 2.24. The van der Waals surface area contributed by atoms with E-state index in [-0.39, 0.29) is 21.7 Å². The lowest BCUT2D eigenvalue weighted by molar-refractivity contribution is -0.116. The Morgan fingerprint density at radius 3 is 2.17 bits per heavy atom. The minimum atomic E-state index is -3.95. The van der Waals surface area contributed by atoms with E-state index in [2.05, 4.69) is 14.8 Å². The molecule has 0 aromatic heterocycles. The average Bonchev–Trinajstić information content (AvgIpc) is 2.72. The number of carbonyl (C=O) groups excluding carboxylic acids is 3. The molecule has 1 amide bonds. The van der Waals surface area contributed by atoms with Crippen molar-refractivity contribution < 1.29 is 32.3 Å². The molecule has 11 heteroatoms. The summed E-state index contributed by atoms with van der Waals surface area (Å²) >= 11 is 5.77. The third-order valence-corrected chi connectivity index (χ3v) is 6.08. The Bertz CT molecular complexity index is 1070. The lowest BCUT2D eigenvalue weighted by Crippen LogP contribution is -2.35. The monoisotopic (exact) mass is 454 g/mol. The van der Waals surface area contributed by atoms with Crippen LogP contribution >= 0.6 is 11.6 Å². The number of amides is 1. The van der Waals surface area contributed by atoms with Crippen LogP contribution in [-0.4, -0.2) is 58.4 Å². The van der Waals surface area contributed by atoms with Crippen molar-refractivity contribution in [3.63, 3.8) is 0 Å². The molecule has 30 heavy (non-hydrogen) atoms. The molecule has 2 rings (SSSR count). The van der Waals surface area contributed by atoms with Crippen LogP contribution in [0.2, 0.25) is 5.02 Å². The standard InChI is InChI=1S/C19H19ClN2O7S/c1-22(30(26,27)14-7-5-13(20)6-8-14)11-17(23)21-16-10-12(18(24)28-2)4-9-15(16)19(25)29-3/h4-10H,11H2,1-3H3,(H,21,23). The van der Waals surface area contributed by atoms with Gasteiger partial charge in [-0.3, -0.25) is 4.79 Å². The predicted molar refractivity (Wildman–Crippen MR) is 109 cm³/mol. The van der Waals surface area contributed by atoms with E-state index in [9.17, 15) is 22.8 Å². The first kappa shape index (κ1) is 23.3. The fourth-order valence-electron chi connectivity index (χ4n) is 2.44. The number of hydrogen-bond acceptors (Lipinski definition) is 7. The lowest BCUT2D eigenvalue weighted by atomic mass is 10.1. The van der Waals surface area contributed by atoms with Crippen LogP contribution < -0.4 is 5.32 Å². The highest BCUT2D eigenvalue weighted by Gasteiger charge is 2.24. The molecular formula is C19H19ClN2O7S. The van der Waals surface area contributed by atoms with Gasteiger partial charge >= 0.3 is 11.9 Å². The van der Waals surface area contributed by atoms with Crippen molar-refractivity contribution >= 4 is 45.2 Å². The van der Waals surface area contributed by atoms with Crippen LogP contribution in [0.25, 0.3) is 0 Å². The molecule has 0 saturated carbocycles. The normalized spacial score (nSPS) is 11.1. The Labute approximate surface area is 178 Å². The summed E-state index contributed by atoms with van der Waals surface area (Å²) in [6.45, 7) is -0.548. The maximum Gasteiger partial charge on any atom is 0.339 e. The highest BCUT2D eigenvalue weighted by atomic mass is 35.5. The Morgan fingerprint density at radius 2 is 1.60 bits per heavy atom. The Morgan fingerprint density at radius 1 is 1.00 bits per heavy atom. The van der Waals surface area contributed by atoms with Crippen LogP contribution in [0.15, 0.2) is 47.4 Å². The van der Waals surface area contributed by atoms with Crippen molar-refractivity contribution in [2.45, 2.75) is 4.90 Å². The summed E-state index contributed by atoms with van der Waals surface area (Å²) in [7, 11) is -0.373. The smallest absolute Gasteiger partial charge is 0.339 e. The summed E-state index contributed by atoms with van der Waals surface area (Å²) in [5.41, 5.74) is 0.0522. The van der Waals surface area contributed by atoms with Gasteiger partial charge in [0.2, 0.25) is 15.9 Å². The number of hydrogen-bond donors (Lipinski definition) is 1. The summed E-state index contributed by atoms with van der Waals surface area (Å²) in [6, 6.07) is 9.35. The number of carbonyl (C=O) groups is 3. The van der Waals surface area contributed by atoms with Gasteiger partial charge in [-0.1, -0.05) is 11.6 Å². The second kappa shape index (κ2) is 9.70. The van der Waals surface area contributed by atoms with Crippen molar-refractivity contribution in [3.8, 4) is 0 Å². The number of esters is 2. The highest BCUT2D eigenvalue weighted by molar-refractivity contribution is 7.89. The van der Waals surface area contributed by atoms with Crippen LogP contribution in [0.3, 0.4) is 0 Å². The van der Waals surface area contributed by atoms with Crippen LogP contribution in [-0.2, 0) is 24.3 Å². The van der Waals surface area contributed by atoms with E-state index < -0.39 is 34.4 Å². The number of sulfonamides is 1. The molecule has 0 aliphatic rings. The first-order valence-corrected chi connectivity index (χ1v) is 10.2. The zero-order chi connectivity index (χ0) is 22.5. The number of likely N-dealkylation sites (N-methyl/N-ethyl adjacent to an activating group) is 1. The topological polar surface area (TPSA) is 119 Å². The summed E-state index contributed by atoms with van der Waals surface area (Å²) in [5, 5.41) is 2.80. The molecule has 0 saturated heterocycles. The van der Waals surface area contributed by atoms with Gasteiger partial charge in [0.1, 0.15) is 0 Å². The largest absolute Gasteiger partial charge is 0.465 e. The molecule has 0 unspecified atom stereocenters. The first-order valence-electron chi connectivity index (χ1n) is 8.42. The number of benzene rings is 2. The highest BCUT2D eigenvalue weighted by Crippen LogP contribution is 2.21. The minimum absolute atomic E-state index is 0.0123. The van der Waals surface area contributed by atoms with Crippen LogP contribution in [0.1, 0.15) is 20.7 Å². The molecule has 0 aliphatic heterocycles. The van der Waals surface area contributed by atoms with Crippen molar-refractivity contribution in [3.05, 3.63) is 58.6 Å². The van der Waals surface area contributed by atoms with Gasteiger partial charge in [-0.25, -0.2) is 18.0 Å². The molecule has 2 aromatic rings. The molecular weight excluding hydrogens is 436 g/mol. The number of methoxy groups -OCH3 is 2. The van der Waals surface area contributed by atoms with Crippen molar-refractivity contribution in [2.24, 2.45) is 0 Å². The number of nitrogens with one attached hydrogen (secondary N) is 1. The fourth-order valence-corrected chi connectivity index (χ4v) is 3.70. The van der Waals surface area contributed by atoms with Gasteiger partial charge in [0.25, 0.3) is 0 Å². The molecule has 0 atom stereocenters. The molecule has 9 nitrogen and oxygen atoms in total. The van der Waals surface area contributed by atoms with Gasteiger partial charge in [-0.2, -0.15) is 4.31 Å². The summed E-state index contributed by atoms with van der Waals surface area (Å²) in [6.07, 6.45) is 0. The number of rotatable bonds is 7. The molecule has 0 aliphatic carbocycles. The van der Waals surface area contributed by atoms with Crippen LogP contribution in [0.4, 0.5) is 5.69 Å². The number of halogens is 1. The van der Waals surface area contributed by atoms with Gasteiger partial charge < -0.3 is 14.8 Å². The summed E-state index contributed by atoms with van der Waals surface area (Å²) in [4.78, 5) is 36.1. The van der Waals surface area contributed by atoms with Gasteiger partial charge in [0.05, 0.1) is 42.5 Å². The van der Waals surface area contributed by atoms with Crippen molar-refractivity contribution in [2.75, 3.05) is 33.1 Å². The summed E-state index contributed by atoms with van der Waals surface area (Å²) in [5.74, 6) is -2.16. The number of anilines is 1. The third kappa shape index (κ3) is 5.35. The van der Waals surface area contributed by atoms with E-state index in [0.717, 1.165) is 11.4 Å². The molecule has 2 aromatic carbocycles. The van der Waals surface area contributed by atoms with Gasteiger partial charge in [0.15, 0.2) is 0 Å². The van der Waals surface area contributed by atoms with Crippen LogP contribution in [0.5, 0.6) is 0 Å². The van der Waals surface area contributed by atoms with Crippen LogP contribution in [0, 0.1) is 0 Å². The van der Waals surface area contributed by atoms with Gasteiger partial charge in [-0.15, -0.1) is 0 Å². The predicted octanol–water partition coefficient (Wildman–Crippen LogP) is 2.17. The van der Waals surface area contributed by atoms with Gasteiger partial charge in [0, 0.05) is 12.1 Å². The van der Waals surface area contributed by atoms with E-state index in [1.807, 2.05) is 0 Å². The summed E-state index contributed by atoms with van der Waals surface area (Å²) < 4.78 is 35.3. The Kier molecular flexibility index (Phi) is 7.54. The molecule has 0 spiro atoms. The quantitative estimate of drug-likeness (QED) is 0.636. The van der Waals surface area contributed by atoms with Crippen molar-refractivity contribution in [1.82, 2.24) is 4.31 Å². The Hall–Kier alpha value is -2.95. The number of ether oxygens (including phenoxy) is 2. The lowest BCUT2D eigenvalue weighted by Gasteiger charge is -2.18. The average molecular weight is 455 g/mol. The van der Waals surface area contributed by atoms with Crippen molar-refractivity contribution in [1.29, 1.82) is 0 Å². The maximum absolute atomic E-state index is 12.6. The molecule has 0 fully saturated rings. The van der Waals surface area contributed by atoms with E-state index in [4.69, 9.17) is 11.6 Å². The first-order chi connectivity index (χ1) is 14.1. The van der Waals surface area contributed by atoms with E-state index in [1.165, 1.54) is 56.6 Å².